The monoisotopic (exact) mass is 244 g/mol. The molecule has 18 heavy (non-hydrogen) atoms. The number of nitrogens with two attached hydrogens (primary N) is 1. The molecular weight excluding hydrogens is 224 g/mol. The molecule has 3 rings (SSSR count). The summed E-state index contributed by atoms with van der Waals surface area (Å²) in [6.45, 7) is 4.21. The van der Waals surface area contributed by atoms with Crippen LogP contribution in [0.1, 0.15) is 25.5 Å². The Hall–Kier alpha value is -1.55. The first kappa shape index (κ1) is 11.5. The van der Waals surface area contributed by atoms with Crippen LogP contribution in [0.4, 0.5) is 5.69 Å². The fraction of sp³-hybridized carbons (Fsp3) is 0.500. The van der Waals surface area contributed by atoms with Crippen molar-refractivity contribution in [3.05, 3.63) is 23.9 Å². The van der Waals surface area contributed by atoms with E-state index in [0.717, 1.165) is 31.4 Å². The van der Waals surface area contributed by atoms with E-state index < -0.39 is 0 Å². The number of fused-ring (bicyclic) bond motifs is 1. The second-order valence-electron chi connectivity index (χ2n) is 5.08. The number of piperidine rings is 1. The summed E-state index contributed by atoms with van der Waals surface area (Å²) in [7, 11) is 0. The molecule has 1 saturated heterocycles. The van der Waals surface area contributed by atoms with Crippen LogP contribution in [0.5, 0.6) is 0 Å². The Labute approximate surface area is 107 Å². The molecule has 1 fully saturated rings. The minimum absolute atomic E-state index is 0.297. The van der Waals surface area contributed by atoms with E-state index in [4.69, 9.17) is 5.73 Å². The lowest BCUT2D eigenvalue weighted by Gasteiger charge is -2.33. The predicted octanol–water partition coefficient (Wildman–Crippen LogP) is 2.05. The van der Waals surface area contributed by atoms with Crippen molar-refractivity contribution < 1.29 is 0 Å². The molecule has 96 valence electrons. The van der Waals surface area contributed by atoms with E-state index >= 15 is 0 Å². The Morgan fingerprint density at radius 1 is 1.50 bits per heavy atom. The Balaban J connectivity index is 2.07. The summed E-state index contributed by atoms with van der Waals surface area (Å²) in [4.78, 5) is 2.41. The van der Waals surface area contributed by atoms with Crippen LogP contribution in [0.2, 0.25) is 0 Å². The molecule has 1 aliphatic rings. The van der Waals surface area contributed by atoms with Crippen LogP contribution in [-0.2, 0) is 6.42 Å². The first-order valence-electron chi connectivity index (χ1n) is 6.76. The number of H-pyrrole nitrogens is 1. The quantitative estimate of drug-likeness (QED) is 0.850. The van der Waals surface area contributed by atoms with E-state index in [-0.39, 0.29) is 0 Å². The van der Waals surface area contributed by atoms with Crippen molar-refractivity contribution in [1.82, 2.24) is 10.2 Å². The SMILES string of the molecule is CCc1[nH]nc2cccc(N3CCCC(N)C3)c12. The number of rotatable bonds is 2. The van der Waals surface area contributed by atoms with E-state index in [9.17, 15) is 0 Å². The highest BCUT2D eigenvalue weighted by Gasteiger charge is 2.20. The predicted molar refractivity (Wildman–Crippen MR) is 74.9 cm³/mol. The topological polar surface area (TPSA) is 57.9 Å². The fourth-order valence-electron chi connectivity index (χ4n) is 2.86. The lowest BCUT2D eigenvalue weighted by atomic mass is 10.0. The van der Waals surface area contributed by atoms with Gasteiger partial charge in [-0.15, -0.1) is 0 Å². The second-order valence-corrected chi connectivity index (χ2v) is 5.08. The van der Waals surface area contributed by atoms with Crippen LogP contribution in [0.15, 0.2) is 18.2 Å². The van der Waals surface area contributed by atoms with Crippen molar-refractivity contribution in [3.8, 4) is 0 Å². The summed E-state index contributed by atoms with van der Waals surface area (Å²) in [5.41, 5.74) is 9.65. The summed E-state index contributed by atoms with van der Waals surface area (Å²) < 4.78 is 0. The number of nitrogens with zero attached hydrogens (tertiary/aromatic N) is 2. The van der Waals surface area contributed by atoms with Gasteiger partial charge in [0.05, 0.1) is 5.52 Å². The molecule has 0 spiro atoms. The molecule has 0 saturated carbocycles. The van der Waals surface area contributed by atoms with Crippen molar-refractivity contribution >= 4 is 16.6 Å². The first-order chi connectivity index (χ1) is 8.79. The summed E-state index contributed by atoms with van der Waals surface area (Å²) in [5, 5.41) is 8.80. The van der Waals surface area contributed by atoms with Gasteiger partial charge >= 0.3 is 0 Å². The maximum absolute atomic E-state index is 6.09. The van der Waals surface area contributed by atoms with Gasteiger partial charge in [0.25, 0.3) is 0 Å². The molecular formula is C14H20N4. The van der Waals surface area contributed by atoms with Crippen molar-refractivity contribution in [3.63, 3.8) is 0 Å². The van der Waals surface area contributed by atoms with Gasteiger partial charge in [-0.2, -0.15) is 5.10 Å². The highest BCUT2D eigenvalue weighted by molar-refractivity contribution is 5.94. The molecule has 1 aliphatic heterocycles. The average Bonchev–Trinajstić information content (AvgIpc) is 2.81. The third-order valence-electron chi connectivity index (χ3n) is 3.79. The van der Waals surface area contributed by atoms with Gasteiger partial charge < -0.3 is 10.6 Å². The number of aryl methyl sites for hydroxylation is 1. The van der Waals surface area contributed by atoms with Gasteiger partial charge in [0, 0.05) is 35.9 Å². The number of hydrogen-bond donors (Lipinski definition) is 2. The van der Waals surface area contributed by atoms with Gasteiger partial charge in [0.15, 0.2) is 0 Å². The molecule has 4 heteroatoms. The largest absolute Gasteiger partial charge is 0.369 e. The number of anilines is 1. The molecule has 0 aliphatic carbocycles. The molecule has 1 aromatic heterocycles. The summed E-state index contributed by atoms with van der Waals surface area (Å²) in [5.74, 6) is 0. The number of aromatic nitrogens is 2. The number of hydrogen-bond acceptors (Lipinski definition) is 3. The molecule has 1 aromatic carbocycles. The van der Waals surface area contributed by atoms with Gasteiger partial charge in [-0.25, -0.2) is 0 Å². The Bertz CT molecular complexity index is 546. The van der Waals surface area contributed by atoms with E-state index in [1.54, 1.807) is 0 Å². The Morgan fingerprint density at radius 2 is 2.39 bits per heavy atom. The first-order valence-corrected chi connectivity index (χ1v) is 6.76. The average molecular weight is 244 g/mol. The minimum Gasteiger partial charge on any atom is -0.369 e. The molecule has 1 unspecified atom stereocenters. The van der Waals surface area contributed by atoms with E-state index in [0.29, 0.717) is 6.04 Å². The van der Waals surface area contributed by atoms with Gasteiger partial charge in [-0.05, 0) is 31.4 Å². The lowest BCUT2D eigenvalue weighted by Crippen LogP contribution is -2.42. The van der Waals surface area contributed by atoms with Gasteiger partial charge in [0.1, 0.15) is 0 Å². The standard InChI is InChI=1S/C14H20N4/c1-2-11-14-12(17-16-11)6-3-7-13(14)18-8-4-5-10(15)9-18/h3,6-7,10H,2,4-5,8-9,15H2,1H3,(H,16,17). The lowest BCUT2D eigenvalue weighted by molar-refractivity contribution is 0.507. The normalized spacial score (nSPS) is 20.6. The van der Waals surface area contributed by atoms with Crippen LogP contribution in [0, 0.1) is 0 Å². The van der Waals surface area contributed by atoms with Crippen molar-refractivity contribution in [1.29, 1.82) is 0 Å². The summed E-state index contributed by atoms with van der Waals surface area (Å²) in [6.07, 6.45) is 3.29. The number of nitrogens with one attached hydrogen (secondary N) is 1. The molecule has 4 nitrogen and oxygen atoms in total. The zero-order valence-corrected chi connectivity index (χ0v) is 10.8. The Kier molecular flexibility index (Phi) is 2.96. The van der Waals surface area contributed by atoms with Gasteiger partial charge in [0.2, 0.25) is 0 Å². The van der Waals surface area contributed by atoms with Gasteiger partial charge in [-0.1, -0.05) is 13.0 Å². The second kappa shape index (κ2) is 4.61. The van der Waals surface area contributed by atoms with E-state index in [1.807, 2.05) is 0 Å². The Morgan fingerprint density at radius 3 is 3.17 bits per heavy atom. The minimum atomic E-state index is 0.297. The zero-order chi connectivity index (χ0) is 12.5. The van der Waals surface area contributed by atoms with Crippen LogP contribution in [0.25, 0.3) is 10.9 Å². The summed E-state index contributed by atoms with van der Waals surface area (Å²) >= 11 is 0. The van der Waals surface area contributed by atoms with Crippen LogP contribution in [-0.4, -0.2) is 29.3 Å². The highest BCUT2D eigenvalue weighted by Crippen LogP contribution is 2.30. The van der Waals surface area contributed by atoms with Crippen molar-refractivity contribution in [2.45, 2.75) is 32.2 Å². The van der Waals surface area contributed by atoms with Crippen molar-refractivity contribution in [2.75, 3.05) is 18.0 Å². The maximum Gasteiger partial charge on any atom is 0.0944 e. The van der Waals surface area contributed by atoms with Crippen LogP contribution >= 0.6 is 0 Å². The number of aromatic amines is 1. The zero-order valence-electron chi connectivity index (χ0n) is 10.8. The molecule has 1 atom stereocenters. The van der Waals surface area contributed by atoms with Crippen LogP contribution < -0.4 is 10.6 Å². The molecule has 2 heterocycles. The third kappa shape index (κ3) is 1.86. The molecule has 3 N–H and O–H groups in total. The van der Waals surface area contributed by atoms with Crippen LogP contribution in [0.3, 0.4) is 0 Å². The maximum atomic E-state index is 6.09. The highest BCUT2D eigenvalue weighted by atomic mass is 15.2. The molecule has 0 bridgehead atoms. The molecule has 0 radical (unpaired) electrons. The van der Waals surface area contributed by atoms with Gasteiger partial charge in [-0.3, -0.25) is 5.10 Å². The van der Waals surface area contributed by atoms with E-state index in [1.165, 1.54) is 23.2 Å². The smallest absolute Gasteiger partial charge is 0.0944 e. The molecule has 2 aromatic rings. The third-order valence-corrected chi connectivity index (χ3v) is 3.79. The summed E-state index contributed by atoms with van der Waals surface area (Å²) in [6, 6.07) is 6.64. The molecule has 0 amide bonds. The fourth-order valence-corrected chi connectivity index (χ4v) is 2.86. The van der Waals surface area contributed by atoms with Crippen molar-refractivity contribution in [2.24, 2.45) is 5.73 Å². The van der Waals surface area contributed by atoms with E-state index in [2.05, 4.69) is 40.2 Å². The number of benzene rings is 1.